The zero-order valence-electron chi connectivity index (χ0n) is 8.96. The summed E-state index contributed by atoms with van der Waals surface area (Å²) in [4.78, 5) is 16.9. The Labute approximate surface area is 94.0 Å². The van der Waals surface area contributed by atoms with Crippen molar-refractivity contribution in [1.82, 2.24) is 0 Å². The predicted molar refractivity (Wildman–Crippen MR) is 47.4 cm³/mol. The van der Waals surface area contributed by atoms with Crippen molar-refractivity contribution >= 4 is 7.82 Å². The number of phosphoric ester groups is 1. The molecule has 0 aliphatic heterocycles. The number of alkyl halides is 5. The van der Waals surface area contributed by atoms with Crippen LogP contribution in [0.5, 0.6) is 0 Å². The lowest BCUT2D eigenvalue weighted by Crippen LogP contribution is -2.44. The van der Waals surface area contributed by atoms with Crippen LogP contribution in [0.2, 0.25) is 0 Å². The fraction of sp³-hybridized carbons (Fsp3) is 1.00. The van der Waals surface area contributed by atoms with Gasteiger partial charge in [0.15, 0.2) is 0 Å². The molecule has 4 nitrogen and oxygen atoms in total. The molecular weight excluding hydrogens is 274 g/mol. The van der Waals surface area contributed by atoms with Crippen molar-refractivity contribution in [3.05, 3.63) is 0 Å². The number of halogens is 5. The van der Waals surface area contributed by atoms with Gasteiger partial charge in [0.05, 0.1) is 12.0 Å². The topological polar surface area (TPSA) is 66.8 Å². The molecule has 0 aromatic rings. The molecule has 2 N–H and O–H groups in total. The molecule has 17 heavy (non-hydrogen) atoms. The van der Waals surface area contributed by atoms with Gasteiger partial charge in [-0.2, -0.15) is 22.0 Å². The Morgan fingerprint density at radius 3 is 1.82 bits per heavy atom. The number of hydrogen-bond acceptors (Lipinski definition) is 2. The molecule has 0 fully saturated rings. The molecule has 0 spiro atoms. The van der Waals surface area contributed by atoms with Gasteiger partial charge in [-0.05, 0) is 13.3 Å². The van der Waals surface area contributed by atoms with Gasteiger partial charge in [-0.3, -0.25) is 4.52 Å². The van der Waals surface area contributed by atoms with E-state index in [2.05, 4.69) is 4.52 Å². The van der Waals surface area contributed by atoms with Crippen molar-refractivity contribution in [3.8, 4) is 0 Å². The maximum Gasteiger partial charge on any atom is 0.470 e. The maximum absolute atomic E-state index is 12.7. The van der Waals surface area contributed by atoms with Crippen LogP contribution < -0.4 is 0 Å². The van der Waals surface area contributed by atoms with Crippen LogP contribution in [0.3, 0.4) is 0 Å². The molecule has 1 unspecified atom stereocenters. The van der Waals surface area contributed by atoms with E-state index in [1.165, 1.54) is 6.92 Å². The average molecular weight is 286 g/mol. The number of phosphoric acid groups is 1. The van der Waals surface area contributed by atoms with E-state index in [1.807, 2.05) is 0 Å². The standard InChI is InChI=1S/C7H12F5O4P/c1-3-5(2,16-17(13,14)15)4-6(8,9)7(10,11)12/h3-4H2,1-2H3,(H2,13,14,15). The van der Waals surface area contributed by atoms with Crippen molar-refractivity contribution in [2.75, 3.05) is 0 Å². The minimum Gasteiger partial charge on any atom is -0.303 e. The third-order valence-corrected chi connectivity index (χ3v) is 2.78. The second-order valence-electron chi connectivity index (χ2n) is 3.76. The van der Waals surface area contributed by atoms with Crippen molar-refractivity contribution in [2.24, 2.45) is 0 Å². The lowest BCUT2D eigenvalue weighted by molar-refractivity contribution is -0.295. The van der Waals surface area contributed by atoms with E-state index in [-0.39, 0.29) is 0 Å². The van der Waals surface area contributed by atoms with Crippen molar-refractivity contribution in [3.63, 3.8) is 0 Å². The first kappa shape index (κ1) is 16.8. The highest BCUT2D eigenvalue weighted by molar-refractivity contribution is 7.46. The molecule has 0 rings (SSSR count). The maximum atomic E-state index is 12.7. The second-order valence-corrected chi connectivity index (χ2v) is 4.93. The molecule has 0 heterocycles. The molecule has 0 saturated heterocycles. The van der Waals surface area contributed by atoms with Gasteiger partial charge in [0.25, 0.3) is 0 Å². The summed E-state index contributed by atoms with van der Waals surface area (Å²) in [5.74, 6) is -5.08. The first-order valence-electron chi connectivity index (χ1n) is 4.43. The first-order chi connectivity index (χ1) is 7.22. The van der Waals surface area contributed by atoms with E-state index in [1.54, 1.807) is 0 Å². The molecule has 10 heteroatoms. The Bertz CT molecular complexity index is 312. The van der Waals surface area contributed by atoms with Crippen molar-refractivity contribution in [1.29, 1.82) is 0 Å². The van der Waals surface area contributed by atoms with Crippen LogP contribution in [0.25, 0.3) is 0 Å². The molecule has 0 aliphatic rings. The van der Waals surface area contributed by atoms with E-state index in [9.17, 15) is 26.5 Å². The highest BCUT2D eigenvalue weighted by atomic mass is 31.2. The Kier molecular flexibility index (Phi) is 4.73. The second kappa shape index (κ2) is 4.79. The van der Waals surface area contributed by atoms with Crippen LogP contribution in [0, 0.1) is 0 Å². The minimum atomic E-state index is -5.79. The Balaban J connectivity index is 4.99. The van der Waals surface area contributed by atoms with Crippen molar-refractivity contribution < 1.29 is 40.8 Å². The average Bonchev–Trinajstić information content (AvgIpc) is 1.97. The van der Waals surface area contributed by atoms with Gasteiger partial charge < -0.3 is 9.79 Å². The Morgan fingerprint density at radius 2 is 1.59 bits per heavy atom. The van der Waals surface area contributed by atoms with Gasteiger partial charge in [0.2, 0.25) is 0 Å². The Morgan fingerprint density at radius 1 is 1.18 bits per heavy atom. The molecule has 0 bridgehead atoms. The summed E-state index contributed by atoms with van der Waals surface area (Å²) in [6.45, 7) is 1.97. The molecular formula is C7H12F5O4P. The summed E-state index contributed by atoms with van der Waals surface area (Å²) in [6, 6.07) is 0. The summed E-state index contributed by atoms with van der Waals surface area (Å²) in [7, 11) is -5.14. The van der Waals surface area contributed by atoms with Gasteiger partial charge in [0, 0.05) is 0 Å². The highest BCUT2D eigenvalue weighted by Crippen LogP contribution is 2.49. The lowest BCUT2D eigenvalue weighted by Gasteiger charge is -2.32. The third-order valence-electron chi connectivity index (χ3n) is 2.10. The first-order valence-corrected chi connectivity index (χ1v) is 5.96. The van der Waals surface area contributed by atoms with Gasteiger partial charge in [-0.15, -0.1) is 0 Å². The van der Waals surface area contributed by atoms with Crippen molar-refractivity contribution in [2.45, 2.75) is 44.4 Å². The predicted octanol–water partition coefficient (Wildman–Crippen LogP) is 2.85. The van der Waals surface area contributed by atoms with Crippen LogP contribution in [0.15, 0.2) is 0 Å². The number of rotatable bonds is 5. The molecule has 0 radical (unpaired) electrons. The zero-order valence-corrected chi connectivity index (χ0v) is 9.86. The van der Waals surface area contributed by atoms with E-state index < -0.39 is 38.4 Å². The third kappa shape index (κ3) is 5.29. The van der Waals surface area contributed by atoms with Crippen LogP contribution in [-0.4, -0.2) is 27.5 Å². The lowest BCUT2D eigenvalue weighted by atomic mass is 9.95. The minimum absolute atomic E-state index is 0.413. The van der Waals surface area contributed by atoms with E-state index in [0.717, 1.165) is 6.92 Å². The molecule has 104 valence electrons. The molecule has 0 amide bonds. The van der Waals surface area contributed by atoms with Crippen LogP contribution >= 0.6 is 7.82 Å². The summed E-state index contributed by atoms with van der Waals surface area (Å²) < 4.78 is 75.7. The fourth-order valence-electron chi connectivity index (χ4n) is 1.08. The Hall–Kier alpha value is -0.240. The number of hydrogen-bond donors (Lipinski definition) is 2. The van der Waals surface area contributed by atoms with E-state index in [0.29, 0.717) is 0 Å². The summed E-state index contributed by atoms with van der Waals surface area (Å²) >= 11 is 0. The van der Waals surface area contributed by atoms with Crippen LogP contribution in [0.4, 0.5) is 22.0 Å². The largest absolute Gasteiger partial charge is 0.470 e. The van der Waals surface area contributed by atoms with Crippen LogP contribution in [-0.2, 0) is 9.09 Å². The monoisotopic (exact) mass is 286 g/mol. The molecule has 0 saturated carbocycles. The molecule has 0 aliphatic carbocycles. The van der Waals surface area contributed by atoms with Gasteiger partial charge in [-0.25, -0.2) is 4.57 Å². The van der Waals surface area contributed by atoms with Gasteiger partial charge >= 0.3 is 19.9 Å². The highest BCUT2D eigenvalue weighted by Gasteiger charge is 2.60. The van der Waals surface area contributed by atoms with Crippen LogP contribution in [0.1, 0.15) is 26.7 Å². The van der Waals surface area contributed by atoms with E-state index in [4.69, 9.17) is 9.79 Å². The molecule has 0 aromatic heterocycles. The molecule has 1 atom stereocenters. The van der Waals surface area contributed by atoms with Gasteiger partial charge in [-0.1, -0.05) is 6.92 Å². The molecule has 0 aromatic carbocycles. The zero-order chi connectivity index (χ0) is 14.1. The summed E-state index contributed by atoms with van der Waals surface area (Å²) in [5.41, 5.74) is -2.27. The normalized spacial score (nSPS) is 17.9. The fourth-order valence-corrected chi connectivity index (χ4v) is 1.85. The van der Waals surface area contributed by atoms with E-state index >= 15 is 0 Å². The summed E-state index contributed by atoms with van der Waals surface area (Å²) in [5, 5.41) is 0. The SMILES string of the molecule is CCC(C)(CC(F)(F)C(F)(F)F)OP(=O)(O)O. The smallest absolute Gasteiger partial charge is 0.303 e. The summed E-state index contributed by atoms with van der Waals surface area (Å²) in [6.07, 6.45) is -8.06. The quantitative estimate of drug-likeness (QED) is 0.602. The van der Waals surface area contributed by atoms with Gasteiger partial charge in [0.1, 0.15) is 0 Å².